The highest BCUT2D eigenvalue weighted by molar-refractivity contribution is 6.28. The minimum Gasteiger partial charge on any atom is -0.417 e. The number of halogens is 2. The van der Waals surface area contributed by atoms with Crippen molar-refractivity contribution in [3.05, 3.63) is 50.9 Å². The van der Waals surface area contributed by atoms with Crippen LogP contribution in [0, 0.1) is 5.82 Å². The third kappa shape index (κ3) is 3.36. The molecule has 3 aromatic heterocycles. The largest absolute Gasteiger partial charge is 0.417 e. The average Bonchev–Trinajstić information content (AvgIpc) is 3.23. The molecule has 7 rings (SSSR count). The van der Waals surface area contributed by atoms with Gasteiger partial charge in [0.15, 0.2) is 5.82 Å². The molecule has 2 N–H and O–H groups in total. The van der Waals surface area contributed by atoms with Crippen molar-refractivity contribution in [1.82, 2.24) is 30.2 Å². The summed E-state index contributed by atoms with van der Waals surface area (Å²) >= 11 is 6.22. The van der Waals surface area contributed by atoms with Crippen LogP contribution in [-0.4, -0.2) is 49.9 Å². The third-order valence-electron chi connectivity index (χ3n) is 8.19. The Kier molecular flexibility index (Phi) is 5.08. The van der Waals surface area contributed by atoms with Crippen molar-refractivity contribution in [1.29, 1.82) is 0 Å². The summed E-state index contributed by atoms with van der Waals surface area (Å²) in [5, 5.41) is 3.02. The highest BCUT2D eigenvalue weighted by atomic mass is 35.5. The molecule has 186 valence electrons. The van der Waals surface area contributed by atoms with Gasteiger partial charge in [-0.15, -0.1) is 0 Å². The first kappa shape index (κ1) is 22.2. The van der Waals surface area contributed by atoms with E-state index in [1.54, 1.807) is 6.20 Å². The topological polar surface area (TPSA) is 96.0 Å². The Morgan fingerprint density at radius 3 is 2.81 bits per heavy atom. The maximum absolute atomic E-state index is 16.1. The molecule has 2 aliphatic carbocycles. The highest BCUT2D eigenvalue weighted by Crippen LogP contribution is 2.43. The number of hydrogen-bond donors (Lipinski definition) is 2. The molecule has 4 aliphatic rings. The fourth-order valence-corrected chi connectivity index (χ4v) is 6.18. The van der Waals surface area contributed by atoms with Crippen LogP contribution in [0.3, 0.4) is 0 Å². The van der Waals surface area contributed by atoms with Crippen LogP contribution in [0.5, 0.6) is 11.8 Å². The molecule has 2 aliphatic heterocycles. The smallest absolute Gasteiger partial charge is 0.258 e. The van der Waals surface area contributed by atoms with Crippen LogP contribution >= 0.6 is 11.6 Å². The number of rotatable bonds is 3. The third-order valence-corrected chi connectivity index (χ3v) is 8.36. The number of aromatic nitrogens is 4. The number of fused-ring (bicyclic) bond motifs is 6. The van der Waals surface area contributed by atoms with Gasteiger partial charge in [-0.1, -0.05) is 13.3 Å². The first-order valence-electron chi connectivity index (χ1n) is 12.7. The molecule has 5 heterocycles. The van der Waals surface area contributed by atoms with E-state index < -0.39 is 5.82 Å². The zero-order valence-electron chi connectivity index (χ0n) is 20.0. The van der Waals surface area contributed by atoms with Gasteiger partial charge in [0.25, 0.3) is 11.8 Å². The lowest BCUT2D eigenvalue weighted by Gasteiger charge is -2.40. The van der Waals surface area contributed by atoms with E-state index >= 15 is 4.39 Å². The van der Waals surface area contributed by atoms with Crippen LogP contribution < -0.4 is 10.1 Å². The average molecular weight is 509 g/mol. The van der Waals surface area contributed by atoms with Crippen molar-refractivity contribution in [2.75, 3.05) is 13.1 Å². The number of aryl methyl sites for hydroxylation is 1. The first-order valence-corrected chi connectivity index (χ1v) is 13.0. The number of ether oxygens (including phenoxy) is 1. The standard InChI is InChI=1S/C26H26ClFN6O2/c1-12-9-29-23(35)19-15-6-5-13-10-30-25(20(28)18(13)22(15)32-21(12)19)36-24-16-11-34(14-3-2-4-14)8-7-17(16)31-26(27)33-24/h10,12,14,32H,2-9,11H2,1H3,(H,29,35)/t12-/m0/s1. The number of H-pyrrole nitrogens is 1. The second-order valence-corrected chi connectivity index (χ2v) is 10.6. The molecule has 0 aromatic carbocycles. The minimum absolute atomic E-state index is 0.0820. The van der Waals surface area contributed by atoms with E-state index in [-0.39, 0.29) is 28.9 Å². The van der Waals surface area contributed by atoms with E-state index in [0.717, 1.165) is 41.0 Å². The van der Waals surface area contributed by atoms with Gasteiger partial charge < -0.3 is 15.0 Å². The van der Waals surface area contributed by atoms with E-state index in [1.165, 1.54) is 19.3 Å². The maximum Gasteiger partial charge on any atom is 0.258 e. The van der Waals surface area contributed by atoms with Gasteiger partial charge in [-0.05, 0) is 48.4 Å². The van der Waals surface area contributed by atoms with Crippen molar-refractivity contribution in [3.63, 3.8) is 0 Å². The molecule has 8 nitrogen and oxygen atoms in total. The van der Waals surface area contributed by atoms with E-state index in [0.29, 0.717) is 48.8 Å². The Morgan fingerprint density at radius 2 is 2.00 bits per heavy atom. The van der Waals surface area contributed by atoms with Gasteiger partial charge in [-0.2, -0.15) is 4.98 Å². The maximum atomic E-state index is 16.1. The molecule has 1 amide bonds. The zero-order chi connectivity index (χ0) is 24.6. The molecular weight excluding hydrogens is 483 g/mol. The van der Waals surface area contributed by atoms with Gasteiger partial charge in [-0.25, -0.2) is 14.4 Å². The zero-order valence-corrected chi connectivity index (χ0v) is 20.7. The number of carbonyl (C=O) groups excluding carboxylic acids is 1. The van der Waals surface area contributed by atoms with Crippen LogP contribution in [0.4, 0.5) is 4.39 Å². The predicted octanol–water partition coefficient (Wildman–Crippen LogP) is 4.31. The lowest BCUT2D eigenvalue weighted by atomic mass is 9.87. The Morgan fingerprint density at radius 1 is 1.14 bits per heavy atom. The summed E-state index contributed by atoms with van der Waals surface area (Å²) in [7, 11) is 0. The number of aromatic amines is 1. The Hall–Kier alpha value is -3.04. The fraction of sp³-hybridized carbons (Fsp3) is 0.462. The first-order chi connectivity index (χ1) is 17.5. The van der Waals surface area contributed by atoms with Crippen LogP contribution in [0.15, 0.2) is 6.20 Å². The summed E-state index contributed by atoms with van der Waals surface area (Å²) in [6, 6.07) is 0.567. The SMILES string of the molecule is C[C@H]1CNC(=O)c2c1[nH]c1c2CCc2cnc(Oc3nc(Cl)nc4c3CN(C3CCC3)CC4)c(F)c2-1. The summed E-state index contributed by atoms with van der Waals surface area (Å²) in [6.07, 6.45) is 7.31. The Balaban J connectivity index is 1.29. The van der Waals surface area contributed by atoms with Crippen molar-refractivity contribution in [3.8, 4) is 23.0 Å². The minimum atomic E-state index is -0.560. The quantitative estimate of drug-likeness (QED) is 0.512. The van der Waals surface area contributed by atoms with E-state index in [2.05, 4.69) is 30.2 Å². The van der Waals surface area contributed by atoms with Gasteiger partial charge in [0, 0.05) is 55.5 Å². The number of pyridine rings is 1. The molecule has 3 aromatic rings. The fourth-order valence-electron chi connectivity index (χ4n) is 6.00. The van der Waals surface area contributed by atoms with E-state index in [9.17, 15) is 4.79 Å². The van der Waals surface area contributed by atoms with Crippen LogP contribution in [-0.2, 0) is 25.8 Å². The van der Waals surface area contributed by atoms with Gasteiger partial charge in [0.05, 0.1) is 22.5 Å². The van der Waals surface area contributed by atoms with Gasteiger partial charge in [0.1, 0.15) is 0 Å². The molecule has 0 unspecified atom stereocenters. The van der Waals surface area contributed by atoms with Crippen molar-refractivity contribution >= 4 is 17.5 Å². The summed E-state index contributed by atoms with van der Waals surface area (Å²) in [4.78, 5) is 31.5. The number of nitrogens with zero attached hydrogens (tertiary/aromatic N) is 4. The van der Waals surface area contributed by atoms with E-state index in [1.807, 2.05) is 6.92 Å². The highest BCUT2D eigenvalue weighted by Gasteiger charge is 2.35. The van der Waals surface area contributed by atoms with Gasteiger partial charge >= 0.3 is 0 Å². The molecule has 1 fully saturated rings. The summed E-state index contributed by atoms with van der Waals surface area (Å²) in [5.41, 5.74) is 5.92. The van der Waals surface area contributed by atoms with Crippen LogP contribution in [0.1, 0.15) is 70.5 Å². The molecular formula is C26H26ClFN6O2. The van der Waals surface area contributed by atoms with Crippen molar-refractivity contribution in [2.24, 2.45) is 0 Å². The molecule has 1 saturated carbocycles. The predicted molar refractivity (Wildman–Crippen MR) is 131 cm³/mol. The number of hydrogen-bond acceptors (Lipinski definition) is 6. The Bertz CT molecular complexity index is 1420. The molecule has 36 heavy (non-hydrogen) atoms. The van der Waals surface area contributed by atoms with Gasteiger partial charge in [0.2, 0.25) is 11.2 Å². The van der Waals surface area contributed by atoms with E-state index in [4.69, 9.17) is 16.3 Å². The van der Waals surface area contributed by atoms with Crippen LogP contribution in [0.2, 0.25) is 5.28 Å². The monoisotopic (exact) mass is 508 g/mol. The molecule has 0 saturated heterocycles. The molecule has 0 bridgehead atoms. The lowest BCUT2D eigenvalue weighted by molar-refractivity contribution is 0.0940. The van der Waals surface area contributed by atoms with Crippen molar-refractivity contribution in [2.45, 2.75) is 64.0 Å². The summed E-state index contributed by atoms with van der Waals surface area (Å²) < 4.78 is 22.1. The summed E-state index contributed by atoms with van der Waals surface area (Å²) in [6.45, 7) is 4.18. The second kappa shape index (κ2) is 8.24. The second-order valence-electron chi connectivity index (χ2n) is 10.3. The van der Waals surface area contributed by atoms with Gasteiger partial charge in [-0.3, -0.25) is 9.69 Å². The lowest BCUT2D eigenvalue weighted by Crippen LogP contribution is -2.43. The van der Waals surface area contributed by atoms with Crippen LogP contribution in [0.25, 0.3) is 11.3 Å². The molecule has 0 spiro atoms. The summed E-state index contributed by atoms with van der Waals surface area (Å²) in [5.74, 6) is -0.427. The normalized spacial score (nSPS) is 21.1. The van der Waals surface area contributed by atoms with Crippen molar-refractivity contribution < 1.29 is 13.9 Å². The molecule has 0 radical (unpaired) electrons. The molecule has 1 atom stereocenters. The number of nitrogens with one attached hydrogen (secondary N) is 2. The Labute approximate surface area is 212 Å². The molecule has 10 heteroatoms. The number of carbonyl (C=O) groups is 1. The number of amides is 1.